The molecule has 1 heteroatoms. The van der Waals surface area contributed by atoms with E-state index in [0.717, 1.165) is 24.0 Å². The van der Waals surface area contributed by atoms with Crippen LogP contribution in [-0.4, -0.2) is 5.11 Å². The summed E-state index contributed by atoms with van der Waals surface area (Å²) in [6.45, 7) is 12.9. The monoisotopic (exact) mass is 323 g/mol. The summed E-state index contributed by atoms with van der Waals surface area (Å²) < 4.78 is 0. The van der Waals surface area contributed by atoms with Crippen LogP contribution >= 0.6 is 0 Å². The lowest BCUT2D eigenvalue weighted by Crippen LogP contribution is -2.12. The number of phenolic OH excluding ortho intramolecular Hbond substituents is 1. The van der Waals surface area contributed by atoms with Crippen LogP contribution in [0, 0.1) is 19.9 Å². The Hall–Kier alpha value is -1.76. The van der Waals surface area contributed by atoms with Gasteiger partial charge in [-0.1, -0.05) is 69.5 Å². The van der Waals surface area contributed by atoms with Gasteiger partial charge in [0.2, 0.25) is 0 Å². The Morgan fingerprint density at radius 2 is 1.58 bits per heavy atom. The van der Waals surface area contributed by atoms with Crippen LogP contribution in [0.25, 0.3) is 0 Å². The maximum Gasteiger partial charge on any atom is 0.122 e. The quantitative estimate of drug-likeness (QED) is 0.711. The molecule has 0 aromatic heterocycles. The van der Waals surface area contributed by atoms with Crippen molar-refractivity contribution in [3.05, 3.63) is 63.7 Å². The Morgan fingerprint density at radius 3 is 2.21 bits per heavy atom. The SMILES string of the molecule is CCCCc1[c]c(Cc2cc(C)cc(C(C)(C)C)c2O)cc(C)c1. The van der Waals surface area contributed by atoms with Gasteiger partial charge >= 0.3 is 0 Å². The van der Waals surface area contributed by atoms with E-state index < -0.39 is 0 Å². The fraction of sp³-hybridized carbons (Fsp3) is 0.478. The highest BCUT2D eigenvalue weighted by Crippen LogP contribution is 2.35. The molecule has 0 saturated heterocycles. The normalized spacial score (nSPS) is 11.8. The van der Waals surface area contributed by atoms with E-state index in [-0.39, 0.29) is 5.41 Å². The van der Waals surface area contributed by atoms with Gasteiger partial charge in [-0.25, -0.2) is 0 Å². The summed E-state index contributed by atoms with van der Waals surface area (Å²) in [7, 11) is 0. The molecular formula is C23H31O. The summed E-state index contributed by atoms with van der Waals surface area (Å²) >= 11 is 0. The predicted molar refractivity (Wildman–Crippen MR) is 103 cm³/mol. The molecule has 0 unspecified atom stereocenters. The van der Waals surface area contributed by atoms with Crippen molar-refractivity contribution in [2.75, 3.05) is 0 Å². The number of hydrogen-bond acceptors (Lipinski definition) is 1. The van der Waals surface area contributed by atoms with E-state index in [0.29, 0.717) is 5.75 Å². The van der Waals surface area contributed by atoms with Gasteiger partial charge in [0.15, 0.2) is 0 Å². The summed E-state index contributed by atoms with van der Waals surface area (Å²) in [6, 6.07) is 12.2. The maximum absolute atomic E-state index is 10.8. The Balaban J connectivity index is 2.38. The van der Waals surface area contributed by atoms with Crippen molar-refractivity contribution in [3.63, 3.8) is 0 Å². The van der Waals surface area contributed by atoms with E-state index in [1.165, 1.54) is 35.1 Å². The molecular weight excluding hydrogens is 292 g/mol. The average molecular weight is 324 g/mol. The second kappa shape index (κ2) is 7.42. The maximum atomic E-state index is 10.8. The Bertz CT molecular complexity index is 705. The summed E-state index contributed by atoms with van der Waals surface area (Å²) in [5.41, 5.74) is 6.90. The van der Waals surface area contributed by atoms with E-state index in [1.807, 2.05) is 0 Å². The highest BCUT2D eigenvalue weighted by Gasteiger charge is 2.20. The molecule has 0 aliphatic heterocycles. The minimum absolute atomic E-state index is 0.0620. The van der Waals surface area contributed by atoms with Crippen LogP contribution in [0.4, 0.5) is 0 Å². The van der Waals surface area contributed by atoms with Crippen molar-refractivity contribution >= 4 is 0 Å². The third-order valence-corrected chi connectivity index (χ3v) is 4.45. The third kappa shape index (κ3) is 4.63. The predicted octanol–water partition coefficient (Wildman–Crippen LogP) is 6.04. The molecule has 129 valence electrons. The van der Waals surface area contributed by atoms with Crippen molar-refractivity contribution < 1.29 is 5.11 Å². The first-order valence-corrected chi connectivity index (χ1v) is 9.05. The van der Waals surface area contributed by atoms with Gasteiger partial charge in [-0.15, -0.1) is 0 Å². The number of aryl methyl sites for hydroxylation is 3. The minimum atomic E-state index is -0.0620. The van der Waals surface area contributed by atoms with Gasteiger partial charge in [0, 0.05) is 6.42 Å². The van der Waals surface area contributed by atoms with E-state index >= 15 is 0 Å². The molecule has 0 amide bonds. The number of phenols is 1. The fourth-order valence-corrected chi connectivity index (χ4v) is 3.23. The molecule has 24 heavy (non-hydrogen) atoms. The summed E-state index contributed by atoms with van der Waals surface area (Å²) in [6.07, 6.45) is 4.21. The lowest BCUT2D eigenvalue weighted by molar-refractivity contribution is 0.441. The number of unbranched alkanes of at least 4 members (excludes halogenated alkanes) is 1. The van der Waals surface area contributed by atoms with Crippen molar-refractivity contribution in [1.82, 2.24) is 0 Å². The van der Waals surface area contributed by atoms with Crippen molar-refractivity contribution in [2.45, 2.75) is 72.6 Å². The number of aromatic hydroxyl groups is 1. The lowest BCUT2D eigenvalue weighted by atomic mass is 9.83. The molecule has 1 radical (unpaired) electrons. The van der Waals surface area contributed by atoms with Crippen molar-refractivity contribution in [3.8, 4) is 5.75 Å². The highest BCUT2D eigenvalue weighted by atomic mass is 16.3. The molecule has 0 spiro atoms. The number of rotatable bonds is 5. The van der Waals surface area contributed by atoms with Gasteiger partial charge in [-0.3, -0.25) is 0 Å². The van der Waals surface area contributed by atoms with Gasteiger partial charge < -0.3 is 5.11 Å². The van der Waals surface area contributed by atoms with E-state index in [4.69, 9.17) is 0 Å². The minimum Gasteiger partial charge on any atom is -0.507 e. The average Bonchev–Trinajstić information content (AvgIpc) is 2.47. The first kappa shape index (κ1) is 18.6. The van der Waals surface area contributed by atoms with Crippen LogP contribution in [0.5, 0.6) is 5.75 Å². The van der Waals surface area contributed by atoms with E-state index in [9.17, 15) is 5.11 Å². The lowest BCUT2D eigenvalue weighted by Gasteiger charge is -2.23. The summed E-state index contributed by atoms with van der Waals surface area (Å²) in [5, 5.41) is 10.8. The Morgan fingerprint density at radius 1 is 0.958 bits per heavy atom. The number of benzene rings is 2. The van der Waals surface area contributed by atoms with Crippen LogP contribution < -0.4 is 0 Å². The van der Waals surface area contributed by atoms with Crippen LogP contribution in [-0.2, 0) is 18.3 Å². The Labute approximate surface area is 147 Å². The first-order valence-electron chi connectivity index (χ1n) is 9.05. The van der Waals surface area contributed by atoms with Gasteiger partial charge in [-0.05, 0) is 60.4 Å². The zero-order valence-electron chi connectivity index (χ0n) is 16.1. The van der Waals surface area contributed by atoms with Crippen LogP contribution in [0.1, 0.15) is 73.9 Å². The molecule has 2 aromatic carbocycles. The third-order valence-electron chi connectivity index (χ3n) is 4.45. The molecule has 0 heterocycles. The van der Waals surface area contributed by atoms with Crippen molar-refractivity contribution in [1.29, 1.82) is 0 Å². The van der Waals surface area contributed by atoms with Gasteiger partial charge in [0.1, 0.15) is 5.75 Å². The second-order valence-electron chi connectivity index (χ2n) is 8.06. The molecule has 0 aliphatic rings. The molecule has 0 bridgehead atoms. The molecule has 1 nitrogen and oxygen atoms in total. The smallest absolute Gasteiger partial charge is 0.122 e. The van der Waals surface area contributed by atoms with Crippen molar-refractivity contribution in [2.24, 2.45) is 0 Å². The molecule has 0 fully saturated rings. The van der Waals surface area contributed by atoms with Crippen LogP contribution in [0.15, 0.2) is 24.3 Å². The first-order chi connectivity index (χ1) is 11.2. The largest absolute Gasteiger partial charge is 0.507 e. The van der Waals surface area contributed by atoms with Gasteiger partial charge in [0.25, 0.3) is 0 Å². The zero-order chi connectivity index (χ0) is 17.9. The zero-order valence-corrected chi connectivity index (χ0v) is 16.1. The van der Waals surface area contributed by atoms with E-state index in [1.54, 1.807) is 0 Å². The topological polar surface area (TPSA) is 20.2 Å². The standard InChI is InChI=1S/C23H31O/c1-7-8-9-18-10-16(2)11-19(14-18)15-20-12-17(3)13-21(22(20)24)23(4,5)6/h10-13,24H,7-9,15H2,1-6H3. The summed E-state index contributed by atoms with van der Waals surface area (Å²) in [4.78, 5) is 0. The number of hydrogen-bond donors (Lipinski definition) is 1. The molecule has 0 atom stereocenters. The molecule has 2 rings (SSSR count). The highest BCUT2D eigenvalue weighted by molar-refractivity contribution is 5.48. The van der Waals surface area contributed by atoms with Gasteiger partial charge in [-0.2, -0.15) is 0 Å². The Kier molecular flexibility index (Phi) is 5.74. The van der Waals surface area contributed by atoms with E-state index in [2.05, 4.69) is 71.9 Å². The fourth-order valence-electron chi connectivity index (χ4n) is 3.23. The molecule has 1 N–H and O–H groups in total. The van der Waals surface area contributed by atoms with Crippen LogP contribution in [0.2, 0.25) is 0 Å². The molecule has 0 aliphatic carbocycles. The summed E-state index contributed by atoms with van der Waals surface area (Å²) in [5.74, 6) is 0.443. The van der Waals surface area contributed by atoms with Crippen LogP contribution in [0.3, 0.4) is 0 Å². The molecule has 2 aromatic rings. The molecule has 0 saturated carbocycles. The van der Waals surface area contributed by atoms with Gasteiger partial charge in [0.05, 0.1) is 0 Å². The second-order valence-corrected chi connectivity index (χ2v) is 8.06.